The molecule has 48 valence electrons. The first kappa shape index (κ1) is 7.39. The number of hydrogen-bond donors (Lipinski definition) is 2. The van der Waals surface area contributed by atoms with E-state index in [0.717, 1.165) is 5.94 Å². The summed E-state index contributed by atoms with van der Waals surface area (Å²) < 4.78 is 0. The van der Waals surface area contributed by atoms with Crippen molar-refractivity contribution in [3.8, 4) is 0 Å². The van der Waals surface area contributed by atoms with E-state index in [2.05, 4.69) is 0 Å². The molecule has 0 aromatic heterocycles. The molecule has 0 heterocycles. The molecule has 0 bridgehead atoms. The molecule has 0 aromatic carbocycles. The van der Waals surface area contributed by atoms with E-state index in [4.69, 9.17) is 10.2 Å². The predicted molar refractivity (Wildman–Crippen MR) is 24.5 cm³/mol. The van der Waals surface area contributed by atoms with Crippen molar-refractivity contribution in [3.05, 3.63) is 5.57 Å². The second kappa shape index (κ2) is 2.64. The lowest BCUT2D eigenvalue weighted by atomic mass is 10.3. The molecule has 0 aromatic rings. The summed E-state index contributed by atoms with van der Waals surface area (Å²) in [5, 5.41) is 15.7. The van der Waals surface area contributed by atoms with Crippen LogP contribution in [0.5, 0.6) is 0 Å². The van der Waals surface area contributed by atoms with Crippen LogP contribution >= 0.6 is 0 Å². The zero-order valence-electron chi connectivity index (χ0n) is 4.12. The highest BCUT2D eigenvalue weighted by Gasteiger charge is 2.16. The van der Waals surface area contributed by atoms with Crippen LogP contribution in [0.25, 0.3) is 0 Å². The molecule has 5 heteroatoms. The summed E-state index contributed by atoms with van der Waals surface area (Å²) in [6.07, 6.45) is 0. The van der Waals surface area contributed by atoms with Gasteiger partial charge in [-0.05, 0) is 0 Å². The minimum Gasteiger partial charge on any atom is -0.477 e. The van der Waals surface area contributed by atoms with Crippen LogP contribution in [0.3, 0.4) is 0 Å². The van der Waals surface area contributed by atoms with Gasteiger partial charge in [0.15, 0.2) is 0 Å². The van der Waals surface area contributed by atoms with Crippen molar-refractivity contribution in [1.29, 1.82) is 0 Å². The highest BCUT2D eigenvalue weighted by atomic mass is 16.4. The van der Waals surface area contributed by atoms with Crippen molar-refractivity contribution < 1.29 is 24.6 Å². The molecule has 0 radical (unpaired) electrons. The average Bonchev–Trinajstić information content (AvgIpc) is 1.64. The third-order valence-corrected chi connectivity index (χ3v) is 0.530. The van der Waals surface area contributed by atoms with Gasteiger partial charge in [-0.25, -0.2) is 14.4 Å². The maximum Gasteiger partial charge on any atom is 0.354 e. The summed E-state index contributed by atoms with van der Waals surface area (Å²) in [6.45, 7) is 0. The smallest absolute Gasteiger partial charge is 0.354 e. The zero-order chi connectivity index (χ0) is 7.44. The van der Waals surface area contributed by atoms with E-state index in [1.165, 1.54) is 0 Å². The Bertz CT molecular complexity index is 181. The van der Waals surface area contributed by atoms with Gasteiger partial charge in [0.1, 0.15) is 5.94 Å². The van der Waals surface area contributed by atoms with Crippen LogP contribution in [0, 0.1) is 0 Å². The minimum absolute atomic E-state index is 0.769. The molecular weight excluding hydrogens is 128 g/mol. The Balaban J connectivity index is 4.59. The van der Waals surface area contributed by atoms with Crippen LogP contribution < -0.4 is 0 Å². The lowest BCUT2D eigenvalue weighted by Gasteiger charge is -1.83. The monoisotopic (exact) mass is 130 g/mol. The van der Waals surface area contributed by atoms with Crippen LogP contribution in [0.2, 0.25) is 0 Å². The first-order chi connectivity index (χ1) is 4.09. The van der Waals surface area contributed by atoms with Gasteiger partial charge in [-0.2, -0.15) is 0 Å². The number of hydrogen-bond acceptors (Lipinski definition) is 3. The molecule has 0 fully saturated rings. The van der Waals surface area contributed by atoms with Crippen LogP contribution in [-0.2, 0) is 14.4 Å². The van der Waals surface area contributed by atoms with E-state index in [9.17, 15) is 14.4 Å². The van der Waals surface area contributed by atoms with E-state index < -0.39 is 17.5 Å². The fraction of sp³-hybridized carbons (Fsp3) is 0. The van der Waals surface area contributed by atoms with E-state index in [1.54, 1.807) is 0 Å². The maximum absolute atomic E-state index is 9.69. The molecule has 0 aliphatic heterocycles. The van der Waals surface area contributed by atoms with Crippen LogP contribution in [0.1, 0.15) is 0 Å². The third kappa shape index (κ3) is 1.75. The van der Waals surface area contributed by atoms with Crippen molar-refractivity contribution in [2.75, 3.05) is 0 Å². The number of carbonyl (C=O) groups excluding carboxylic acids is 1. The van der Waals surface area contributed by atoms with Gasteiger partial charge in [0.25, 0.3) is 0 Å². The first-order valence-corrected chi connectivity index (χ1v) is 1.81. The highest BCUT2D eigenvalue weighted by molar-refractivity contribution is 6.18. The lowest BCUT2D eigenvalue weighted by molar-refractivity contribution is -0.139. The Morgan fingerprint density at radius 3 is 1.44 bits per heavy atom. The molecule has 0 saturated carbocycles. The van der Waals surface area contributed by atoms with Crippen molar-refractivity contribution in [3.63, 3.8) is 0 Å². The van der Waals surface area contributed by atoms with E-state index in [0.29, 0.717) is 0 Å². The average molecular weight is 130 g/mol. The Hall–Kier alpha value is -1.61. The van der Waals surface area contributed by atoms with E-state index >= 15 is 0 Å². The summed E-state index contributed by atoms with van der Waals surface area (Å²) in [4.78, 5) is 28.8. The summed E-state index contributed by atoms with van der Waals surface area (Å²) in [6, 6.07) is 0. The Labute approximate surface area is 49.2 Å². The minimum atomic E-state index is -1.78. The van der Waals surface area contributed by atoms with Gasteiger partial charge in [0, 0.05) is 0 Å². The summed E-state index contributed by atoms with van der Waals surface area (Å²) in [5.41, 5.74) is -1.28. The molecule has 5 nitrogen and oxygen atoms in total. The molecule has 0 aliphatic rings. The van der Waals surface area contributed by atoms with Gasteiger partial charge in [-0.15, -0.1) is 0 Å². The van der Waals surface area contributed by atoms with Crippen LogP contribution in [0.15, 0.2) is 5.57 Å². The Morgan fingerprint density at radius 1 is 1.11 bits per heavy atom. The van der Waals surface area contributed by atoms with Gasteiger partial charge in [-0.3, -0.25) is 0 Å². The van der Waals surface area contributed by atoms with Crippen molar-refractivity contribution >= 4 is 17.9 Å². The maximum atomic E-state index is 9.69. The lowest BCUT2D eigenvalue weighted by Crippen LogP contribution is -2.11. The van der Waals surface area contributed by atoms with E-state index in [-0.39, 0.29) is 0 Å². The second-order valence-corrected chi connectivity index (χ2v) is 1.09. The topological polar surface area (TPSA) is 91.7 Å². The molecule has 0 atom stereocenters. The molecular formula is C4H2O5. The van der Waals surface area contributed by atoms with Gasteiger partial charge >= 0.3 is 11.9 Å². The highest BCUT2D eigenvalue weighted by Crippen LogP contribution is 1.85. The summed E-state index contributed by atoms with van der Waals surface area (Å²) >= 11 is 0. The number of carbonyl (C=O) groups is 2. The fourth-order valence-corrected chi connectivity index (χ4v) is 0.179. The number of carboxylic acids is 2. The quantitative estimate of drug-likeness (QED) is 0.214. The molecule has 0 unspecified atom stereocenters. The molecule has 2 N–H and O–H groups in total. The third-order valence-electron chi connectivity index (χ3n) is 0.530. The standard InChI is InChI=1S/C4H2O5/c5-1-2(3(6)7)4(8)9/h(H,6,7)(H,8,9). The zero-order valence-corrected chi connectivity index (χ0v) is 4.12. The van der Waals surface area contributed by atoms with Crippen LogP contribution in [-0.4, -0.2) is 28.1 Å². The first-order valence-electron chi connectivity index (χ1n) is 1.81. The Morgan fingerprint density at radius 2 is 1.44 bits per heavy atom. The van der Waals surface area contributed by atoms with Crippen molar-refractivity contribution in [2.24, 2.45) is 0 Å². The van der Waals surface area contributed by atoms with Gasteiger partial charge in [0.05, 0.1) is 0 Å². The van der Waals surface area contributed by atoms with E-state index in [1.807, 2.05) is 0 Å². The largest absolute Gasteiger partial charge is 0.477 e. The molecule has 0 rings (SSSR count). The summed E-state index contributed by atoms with van der Waals surface area (Å²) in [7, 11) is 0. The van der Waals surface area contributed by atoms with Gasteiger partial charge in [-0.1, -0.05) is 0 Å². The number of aliphatic carboxylic acids is 2. The Kier molecular flexibility index (Phi) is 2.17. The number of carboxylic acid groups (broad SMARTS) is 2. The van der Waals surface area contributed by atoms with Crippen molar-refractivity contribution in [2.45, 2.75) is 0 Å². The number of rotatable bonds is 2. The fourth-order valence-electron chi connectivity index (χ4n) is 0.179. The summed E-state index contributed by atoms with van der Waals surface area (Å²) in [5.74, 6) is -2.79. The molecule has 9 heavy (non-hydrogen) atoms. The molecule has 0 spiro atoms. The SMILES string of the molecule is O=C=C(C(=O)O)C(=O)O. The van der Waals surface area contributed by atoms with Crippen LogP contribution in [0.4, 0.5) is 0 Å². The molecule has 0 amide bonds. The predicted octanol–water partition coefficient (Wildman–Crippen LogP) is -1.09. The molecule has 0 saturated heterocycles. The van der Waals surface area contributed by atoms with Crippen molar-refractivity contribution in [1.82, 2.24) is 0 Å². The van der Waals surface area contributed by atoms with Gasteiger partial charge in [0.2, 0.25) is 5.57 Å². The second-order valence-electron chi connectivity index (χ2n) is 1.09. The normalized spacial score (nSPS) is 7.56. The molecule has 0 aliphatic carbocycles. The van der Waals surface area contributed by atoms with Gasteiger partial charge < -0.3 is 10.2 Å².